The summed E-state index contributed by atoms with van der Waals surface area (Å²) in [6.07, 6.45) is 0. The Morgan fingerprint density at radius 2 is 1.52 bits per heavy atom. The lowest BCUT2D eigenvalue weighted by Gasteiger charge is -2.25. The van der Waals surface area contributed by atoms with E-state index in [1.807, 2.05) is 30.3 Å². The van der Waals surface area contributed by atoms with Gasteiger partial charge in [-0.25, -0.2) is 8.42 Å². The predicted molar refractivity (Wildman–Crippen MR) is 116 cm³/mol. The molecule has 0 fully saturated rings. The van der Waals surface area contributed by atoms with Crippen molar-refractivity contribution >= 4 is 44.8 Å². The van der Waals surface area contributed by atoms with Crippen molar-refractivity contribution in [2.75, 3.05) is 10.8 Å². The standard InChI is InChI=1S/C21H18Cl2N2O3S/c22-17-11-12-20(19(23)13-17)25(29(27,28)18-9-5-2-6-10-18)15-21(26)24-14-16-7-3-1-4-8-16/h1-13H,14-15H2,(H,24,26). The van der Waals surface area contributed by atoms with E-state index in [-0.39, 0.29) is 22.2 Å². The molecule has 150 valence electrons. The van der Waals surface area contributed by atoms with E-state index in [0.29, 0.717) is 5.02 Å². The third kappa shape index (κ3) is 5.29. The van der Waals surface area contributed by atoms with Crippen molar-refractivity contribution in [1.29, 1.82) is 0 Å². The maximum Gasteiger partial charge on any atom is 0.264 e. The molecule has 0 spiro atoms. The minimum atomic E-state index is -4.02. The number of hydrogen-bond acceptors (Lipinski definition) is 3. The van der Waals surface area contributed by atoms with E-state index in [0.717, 1.165) is 9.87 Å². The number of carbonyl (C=O) groups is 1. The molecule has 0 unspecified atom stereocenters. The summed E-state index contributed by atoms with van der Waals surface area (Å²) in [4.78, 5) is 12.6. The van der Waals surface area contributed by atoms with Crippen LogP contribution in [0.15, 0.2) is 83.8 Å². The largest absolute Gasteiger partial charge is 0.350 e. The van der Waals surface area contributed by atoms with Crippen LogP contribution >= 0.6 is 23.2 Å². The van der Waals surface area contributed by atoms with Gasteiger partial charge in [0.15, 0.2) is 0 Å². The Bertz CT molecular complexity index is 1090. The summed E-state index contributed by atoms with van der Waals surface area (Å²) < 4.78 is 27.5. The molecule has 0 aliphatic heterocycles. The second-order valence-electron chi connectivity index (χ2n) is 6.18. The van der Waals surface area contributed by atoms with E-state index in [9.17, 15) is 13.2 Å². The van der Waals surface area contributed by atoms with Gasteiger partial charge in [-0.2, -0.15) is 0 Å². The first-order chi connectivity index (χ1) is 13.9. The fourth-order valence-electron chi connectivity index (χ4n) is 2.69. The molecule has 1 N–H and O–H groups in total. The fourth-order valence-corrected chi connectivity index (χ4v) is 4.71. The number of carbonyl (C=O) groups excluding carboxylic acids is 1. The highest BCUT2D eigenvalue weighted by molar-refractivity contribution is 7.92. The molecule has 29 heavy (non-hydrogen) atoms. The van der Waals surface area contributed by atoms with Crippen LogP contribution in [0.2, 0.25) is 10.0 Å². The molecular weight excluding hydrogens is 431 g/mol. The normalized spacial score (nSPS) is 11.1. The minimum Gasteiger partial charge on any atom is -0.350 e. The van der Waals surface area contributed by atoms with Crippen LogP contribution in [0, 0.1) is 0 Å². The summed E-state index contributed by atoms with van der Waals surface area (Å²) in [5.41, 5.74) is 1.08. The molecule has 0 aromatic heterocycles. The number of nitrogens with zero attached hydrogens (tertiary/aromatic N) is 1. The monoisotopic (exact) mass is 448 g/mol. The van der Waals surface area contributed by atoms with Gasteiger partial charge in [0, 0.05) is 11.6 Å². The van der Waals surface area contributed by atoms with Crippen molar-refractivity contribution in [3.63, 3.8) is 0 Å². The van der Waals surface area contributed by atoms with Crippen molar-refractivity contribution < 1.29 is 13.2 Å². The number of rotatable bonds is 7. The number of anilines is 1. The molecule has 3 rings (SSSR count). The van der Waals surface area contributed by atoms with E-state index in [4.69, 9.17) is 23.2 Å². The highest BCUT2D eigenvalue weighted by Crippen LogP contribution is 2.32. The summed E-state index contributed by atoms with van der Waals surface area (Å²) in [6.45, 7) is -0.140. The van der Waals surface area contributed by atoms with Crippen LogP contribution in [0.3, 0.4) is 0 Å². The second-order valence-corrected chi connectivity index (χ2v) is 8.89. The number of nitrogens with one attached hydrogen (secondary N) is 1. The van der Waals surface area contributed by atoms with E-state index in [2.05, 4.69) is 5.32 Å². The van der Waals surface area contributed by atoms with Gasteiger partial charge in [0.25, 0.3) is 10.0 Å². The maximum absolute atomic E-state index is 13.2. The summed E-state index contributed by atoms with van der Waals surface area (Å²) in [7, 11) is -4.02. The van der Waals surface area contributed by atoms with E-state index in [1.54, 1.807) is 18.2 Å². The van der Waals surface area contributed by atoms with Crippen molar-refractivity contribution in [3.8, 4) is 0 Å². The summed E-state index contributed by atoms with van der Waals surface area (Å²) >= 11 is 12.2. The Labute approximate surface area is 179 Å². The topological polar surface area (TPSA) is 66.5 Å². The van der Waals surface area contributed by atoms with Crippen molar-refractivity contribution in [2.24, 2.45) is 0 Å². The van der Waals surface area contributed by atoms with Crippen molar-refractivity contribution in [2.45, 2.75) is 11.4 Å². The zero-order valence-corrected chi connectivity index (χ0v) is 17.6. The van der Waals surface area contributed by atoms with Gasteiger partial charge in [-0.05, 0) is 35.9 Å². The molecule has 0 aliphatic carbocycles. The molecule has 0 saturated carbocycles. The van der Waals surface area contributed by atoms with Crippen LogP contribution in [-0.4, -0.2) is 20.9 Å². The number of hydrogen-bond donors (Lipinski definition) is 1. The van der Waals surface area contributed by atoms with Crippen LogP contribution in [0.4, 0.5) is 5.69 Å². The van der Waals surface area contributed by atoms with Crippen molar-refractivity contribution in [1.82, 2.24) is 5.32 Å². The van der Waals surface area contributed by atoms with Crippen LogP contribution < -0.4 is 9.62 Å². The van der Waals surface area contributed by atoms with Crippen LogP contribution in [0.25, 0.3) is 0 Å². The van der Waals surface area contributed by atoms with Crippen LogP contribution in [0.5, 0.6) is 0 Å². The summed E-state index contributed by atoms with van der Waals surface area (Å²) in [5, 5.41) is 3.24. The smallest absolute Gasteiger partial charge is 0.264 e. The zero-order chi connectivity index (χ0) is 20.9. The first-order valence-corrected chi connectivity index (χ1v) is 10.9. The number of benzene rings is 3. The molecule has 3 aromatic rings. The molecule has 0 aliphatic rings. The lowest BCUT2D eigenvalue weighted by Crippen LogP contribution is -2.40. The third-order valence-corrected chi connectivity index (χ3v) is 6.44. The number of halogens is 2. The predicted octanol–water partition coefficient (Wildman–Crippen LogP) is 4.51. The Kier molecular flexibility index (Phi) is 6.79. The molecule has 1 amide bonds. The zero-order valence-electron chi connectivity index (χ0n) is 15.3. The minimum absolute atomic E-state index is 0.0573. The molecule has 0 heterocycles. The second kappa shape index (κ2) is 9.31. The van der Waals surface area contributed by atoms with Gasteiger partial charge in [-0.1, -0.05) is 71.7 Å². The maximum atomic E-state index is 13.2. The third-order valence-electron chi connectivity index (χ3n) is 4.13. The molecule has 0 atom stereocenters. The van der Waals surface area contributed by atoms with Gasteiger partial charge in [0.2, 0.25) is 5.91 Å². The molecule has 3 aromatic carbocycles. The fraction of sp³-hybridized carbons (Fsp3) is 0.0952. The van der Waals surface area contributed by atoms with Crippen molar-refractivity contribution in [3.05, 3.63) is 94.5 Å². The molecular formula is C21H18Cl2N2O3S. The van der Waals surface area contributed by atoms with Gasteiger partial charge in [-0.15, -0.1) is 0 Å². The lowest BCUT2D eigenvalue weighted by atomic mass is 10.2. The van der Waals surface area contributed by atoms with E-state index >= 15 is 0 Å². The van der Waals surface area contributed by atoms with Gasteiger partial charge in [0.1, 0.15) is 6.54 Å². The van der Waals surface area contributed by atoms with Gasteiger partial charge in [-0.3, -0.25) is 9.10 Å². The van der Waals surface area contributed by atoms with Gasteiger partial charge in [0.05, 0.1) is 15.6 Å². The number of sulfonamides is 1. The molecule has 0 radical (unpaired) electrons. The number of amides is 1. The van der Waals surface area contributed by atoms with E-state index < -0.39 is 22.5 Å². The molecule has 0 bridgehead atoms. The highest BCUT2D eigenvalue weighted by Gasteiger charge is 2.28. The van der Waals surface area contributed by atoms with E-state index in [1.165, 1.54) is 30.3 Å². The summed E-state index contributed by atoms with van der Waals surface area (Å²) in [5.74, 6) is -0.459. The average molecular weight is 449 g/mol. The first-order valence-electron chi connectivity index (χ1n) is 8.71. The molecule has 8 heteroatoms. The van der Waals surface area contributed by atoms with Gasteiger partial charge >= 0.3 is 0 Å². The lowest BCUT2D eigenvalue weighted by molar-refractivity contribution is -0.119. The summed E-state index contributed by atoms with van der Waals surface area (Å²) in [6, 6.07) is 21.7. The Hall–Kier alpha value is -2.54. The first kappa shape index (κ1) is 21.2. The molecule has 5 nitrogen and oxygen atoms in total. The Morgan fingerprint density at radius 3 is 2.14 bits per heavy atom. The highest BCUT2D eigenvalue weighted by atomic mass is 35.5. The Morgan fingerprint density at radius 1 is 0.897 bits per heavy atom. The van der Waals surface area contributed by atoms with Crippen LogP contribution in [-0.2, 0) is 21.4 Å². The average Bonchev–Trinajstić information content (AvgIpc) is 2.72. The Balaban J connectivity index is 1.90. The van der Waals surface area contributed by atoms with Crippen LogP contribution in [0.1, 0.15) is 5.56 Å². The SMILES string of the molecule is O=C(CN(c1ccc(Cl)cc1Cl)S(=O)(=O)c1ccccc1)NCc1ccccc1. The van der Waals surface area contributed by atoms with Gasteiger partial charge < -0.3 is 5.32 Å². The molecule has 0 saturated heterocycles. The quantitative estimate of drug-likeness (QED) is 0.578.